The van der Waals surface area contributed by atoms with E-state index in [1.165, 1.54) is 27.8 Å². The van der Waals surface area contributed by atoms with Crippen LogP contribution in [0.15, 0.2) is 77.8 Å². The summed E-state index contributed by atoms with van der Waals surface area (Å²) < 4.78 is 0. The van der Waals surface area contributed by atoms with Crippen LogP contribution in [0.4, 0.5) is 0 Å². The summed E-state index contributed by atoms with van der Waals surface area (Å²) in [7, 11) is -0.993. The highest BCUT2D eigenvalue weighted by Crippen LogP contribution is 2.65. The zero-order valence-electron chi connectivity index (χ0n) is 14.6. The van der Waals surface area contributed by atoms with Gasteiger partial charge in [0.1, 0.15) is 0 Å². The fourth-order valence-electron chi connectivity index (χ4n) is 4.29. The standard InChI is InChI=1S/C22H26S/c1-7-17-13-14-21(18(17)8-2)23(5,6)22-15(3)19-11-9-10-12-20(19)16(22)4/h7-15,21H,1-2H2,3-6H3. The van der Waals surface area contributed by atoms with E-state index >= 15 is 0 Å². The molecule has 0 saturated carbocycles. The van der Waals surface area contributed by atoms with Crippen LogP contribution in [0.3, 0.4) is 0 Å². The lowest BCUT2D eigenvalue weighted by molar-refractivity contribution is 0.968. The van der Waals surface area contributed by atoms with Crippen molar-refractivity contribution < 1.29 is 0 Å². The molecular weight excluding hydrogens is 296 g/mol. The molecule has 2 atom stereocenters. The van der Waals surface area contributed by atoms with Gasteiger partial charge in [-0.25, -0.2) is 10.0 Å². The Labute approximate surface area is 142 Å². The quantitative estimate of drug-likeness (QED) is 0.618. The minimum absolute atomic E-state index is 0.440. The van der Waals surface area contributed by atoms with E-state index in [1.54, 1.807) is 4.91 Å². The first-order valence-electron chi connectivity index (χ1n) is 8.13. The highest BCUT2D eigenvalue weighted by molar-refractivity contribution is 8.36. The lowest BCUT2D eigenvalue weighted by atomic mass is 10.0. The number of allylic oxidation sites excluding steroid dienone is 6. The molecule has 120 valence electrons. The maximum Gasteiger partial charge on any atom is 0.0360 e. The normalized spacial score (nSPS) is 24.2. The maximum absolute atomic E-state index is 4.06. The molecule has 0 aliphatic heterocycles. The van der Waals surface area contributed by atoms with Crippen molar-refractivity contribution >= 4 is 15.6 Å². The molecule has 1 heteroatoms. The van der Waals surface area contributed by atoms with Crippen LogP contribution in [0.1, 0.15) is 30.9 Å². The third-order valence-corrected chi connectivity index (χ3v) is 8.80. The predicted octanol–water partition coefficient (Wildman–Crippen LogP) is 6.21. The van der Waals surface area contributed by atoms with Gasteiger partial charge in [0, 0.05) is 11.2 Å². The van der Waals surface area contributed by atoms with E-state index in [-0.39, 0.29) is 0 Å². The van der Waals surface area contributed by atoms with Gasteiger partial charge in [-0.3, -0.25) is 0 Å². The molecule has 1 aromatic rings. The van der Waals surface area contributed by atoms with Gasteiger partial charge in [-0.05, 0) is 52.2 Å². The van der Waals surface area contributed by atoms with Crippen LogP contribution in [-0.2, 0) is 0 Å². The smallest absolute Gasteiger partial charge is 0.0360 e. The number of fused-ring (bicyclic) bond motifs is 1. The summed E-state index contributed by atoms with van der Waals surface area (Å²) in [5.74, 6) is 0.503. The molecule has 0 heterocycles. The van der Waals surface area contributed by atoms with Gasteiger partial charge in [-0.15, -0.1) is 0 Å². The van der Waals surface area contributed by atoms with E-state index in [0.717, 1.165) is 0 Å². The molecule has 1 aromatic carbocycles. The second-order valence-corrected chi connectivity index (χ2v) is 10.6. The van der Waals surface area contributed by atoms with Crippen molar-refractivity contribution in [1.29, 1.82) is 0 Å². The van der Waals surface area contributed by atoms with E-state index in [1.807, 2.05) is 12.2 Å². The first kappa shape index (κ1) is 16.1. The SMILES string of the molecule is C=CC1=C(C=C)C(S(C)(C)C2=C(C)c3ccccc3C2C)C=C1. The molecule has 23 heavy (non-hydrogen) atoms. The molecule has 2 aliphatic rings. The molecule has 0 bridgehead atoms. The Kier molecular flexibility index (Phi) is 4.01. The zero-order valence-corrected chi connectivity index (χ0v) is 15.4. The van der Waals surface area contributed by atoms with E-state index in [2.05, 4.69) is 75.9 Å². The van der Waals surface area contributed by atoms with Gasteiger partial charge < -0.3 is 0 Å². The van der Waals surface area contributed by atoms with Crippen LogP contribution >= 0.6 is 10.0 Å². The highest BCUT2D eigenvalue weighted by atomic mass is 32.3. The first-order chi connectivity index (χ1) is 10.9. The summed E-state index contributed by atoms with van der Waals surface area (Å²) in [6, 6.07) is 8.87. The van der Waals surface area contributed by atoms with Crippen LogP contribution in [0.25, 0.3) is 5.57 Å². The van der Waals surface area contributed by atoms with Crippen LogP contribution in [-0.4, -0.2) is 17.8 Å². The number of hydrogen-bond acceptors (Lipinski definition) is 0. The fourth-order valence-corrected chi connectivity index (χ4v) is 7.84. The Balaban J connectivity index is 2.10. The topological polar surface area (TPSA) is 0 Å². The van der Waals surface area contributed by atoms with Crippen molar-refractivity contribution in [2.75, 3.05) is 12.5 Å². The van der Waals surface area contributed by atoms with Gasteiger partial charge >= 0.3 is 0 Å². The number of rotatable bonds is 4. The Morgan fingerprint density at radius 3 is 2.39 bits per heavy atom. The highest BCUT2D eigenvalue weighted by Gasteiger charge is 2.38. The van der Waals surface area contributed by atoms with Crippen molar-refractivity contribution in [3.05, 3.63) is 88.9 Å². The molecule has 2 unspecified atom stereocenters. The van der Waals surface area contributed by atoms with E-state index in [4.69, 9.17) is 0 Å². The summed E-state index contributed by atoms with van der Waals surface area (Å²) in [6.45, 7) is 12.7. The lowest BCUT2D eigenvalue weighted by Crippen LogP contribution is -2.18. The Morgan fingerprint density at radius 2 is 1.78 bits per heavy atom. The van der Waals surface area contributed by atoms with Gasteiger partial charge in [-0.2, -0.15) is 0 Å². The first-order valence-corrected chi connectivity index (χ1v) is 10.6. The maximum atomic E-state index is 4.06. The number of hydrogen-bond donors (Lipinski definition) is 0. The van der Waals surface area contributed by atoms with Gasteiger partial charge in [0.05, 0.1) is 0 Å². The third kappa shape index (κ3) is 2.30. The summed E-state index contributed by atoms with van der Waals surface area (Å²) >= 11 is 0. The molecule has 0 radical (unpaired) electrons. The van der Waals surface area contributed by atoms with Crippen LogP contribution in [0.2, 0.25) is 0 Å². The van der Waals surface area contributed by atoms with Crippen LogP contribution in [0.5, 0.6) is 0 Å². The Bertz CT molecular complexity index is 771. The van der Waals surface area contributed by atoms with Crippen molar-refractivity contribution in [2.24, 2.45) is 0 Å². The largest absolute Gasteiger partial charge is 0.213 e. The summed E-state index contributed by atoms with van der Waals surface area (Å²) in [6.07, 6.45) is 13.5. The molecule has 0 aromatic heterocycles. The minimum Gasteiger partial charge on any atom is -0.213 e. The van der Waals surface area contributed by atoms with Crippen molar-refractivity contribution in [2.45, 2.75) is 25.0 Å². The molecule has 0 N–H and O–H groups in total. The average Bonchev–Trinajstić information content (AvgIpc) is 3.08. The second-order valence-electron chi connectivity index (χ2n) is 6.80. The van der Waals surface area contributed by atoms with Crippen molar-refractivity contribution in [3.8, 4) is 0 Å². The zero-order chi connectivity index (χ0) is 16.8. The Morgan fingerprint density at radius 1 is 1.09 bits per heavy atom. The number of benzene rings is 1. The summed E-state index contributed by atoms with van der Waals surface area (Å²) in [4.78, 5) is 1.64. The summed E-state index contributed by atoms with van der Waals surface area (Å²) in [5.41, 5.74) is 6.97. The van der Waals surface area contributed by atoms with Gasteiger partial charge in [0.2, 0.25) is 0 Å². The molecule has 0 fully saturated rings. The molecule has 0 amide bonds. The lowest BCUT2D eigenvalue weighted by Gasteiger charge is -2.42. The molecule has 0 spiro atoms. The van der Waals surface area contributed by atoms with Crippen molar-refractivity contribution in [1.82, 2.24) is 0 Å². The van der Waals surface area contributed by atoms with Gasteiger partial charge in [0.15, 0.2) is 0 Å². The fraction of sp³-hybridized carbons (Fsp3) is 0.273. The third-order valence-electron chi connectivity index (χ3n) is 5.33. The minimum atomic E-state index is -0.993. The van der Waals surface area contributed by atoms with Crippen LogP contribution in [0, 0.1) is 0 Å². The molecule has 3 rings (SSSR count). The van der Waals surface area contributed by atoms with Crippen molar-refractivity contribution in [3.63, 3.8) is 0 Å². The molecule has 0 saturated heterocycles. The van der Waals surface area contributed by atoms with Gasteiger partial charge in [0.25, 0.3) is 0 Å². The second kappa shape index (κ2) is 5.72. The predicted molar refractivity (Wildman–Crippen MR) is 107 cm³/mol. The monoisotopic (exact) mass is 322 g/mol. The molecule has 2 aliphatic carbocycles. The Hall–Kier alpha value is -1.73. The van der Waals surface area contributed by atoms with Gasteiger partial charge in [-0.1, -0.05) is 68.7 Å². The van der Waals surface area contributed by atoms with Crippen LogP contribution < -0.4 is 0 Å². The average molecular weight is 323 g/mol. The molecule has 0 nitrogen and oxygen atoms in total. The van der Waals surface area contributed by atoms with E-state index in [0.29, 0.717) is 11.2 Å². The van der Waals surface area contributed by atoms with E-state index in [9.17, 15) is 0 Å². The van der Waals surface area contributed by atoms with E-state index < -0.39 is 10.0 Å². The summed E-state index contributed by atoms with van der Waals surface area (Å²) in [5, 5.41) is 0.440. The molecular formula is C22H26S.